The molecule has 1 aromatic rings. The quantitative estimate of drug-likeness (QED) is 0.716. The van der Waals surface area contributed by atoms with E-state index in [-0.39, 0.29) is 13.0 Å². The number of carbonyl (C=O) groups is 2. The summed E-state index contributed by atoms with van der Waals surface area (Å²) in [5, 5.41) is 15.2. The molecule has 0 bridgehead atoms. The van der Waals surface area contributed by atoms with Crippen molar-refractivity contribution < 1.29 is 19.1 Å². The fourth-order valence-electron chi connectivity index (χ4n) is 3.04. The molecular weight excluding hydrogens is 344 g/mol. The van der Waals surface area contributed by atoms with Gasteiger partial charge in [-0.15, -0.1) is 10.2 Å². The van der Waals surface area contributed by atoms with Crippen molar-refractivity contribution in [3.8, 4) is 0 Å². The lowest BCUT2D eigenvalue weighted by atomic mass is 9.90. The number of anilines is 1. The van der Waals surface area contributed by atoms with Crippen LogP contribution < -0.4 is 10.6 Å². The van der Waals surface area contributed by atoms with Crippen LogP contribution in [0.1, 0.15) is 56.4 Å². The van der Waals surface area contributed by atoms with Crippen molar-refractivity contribution in [3.05, 3.63) is 5.01 Å². The second kappa shape index (κ2) is 9.10. The number of esters is 1. The van der Waals surface area contributed by atoms with Crippen LogP contribution >= 0.6 is 11.3 Å². The number of nitrogens with zero attached hydrogens (tertiary/aromatic N) is 2. The van der Waals surface area contributed by atoms with Crippen LogP contribution in [-0.2, 0) is 14.3 Å². The Hall–Kier alpha value is -1.74. The van der Waals surface area contributed by atoms with Crippen molar-refractivity contribution in [2.24, 2.45) is 0 Å². The van der Waals surface area contributed by atoms with Crippen molar-refractivity contribution >= 4 is 28.5 Å². The first-order valence-corrected chi connectivity index (χ1v) is 9.26. The van der Waals surface area contributed by atoms with Gasteiger partial charge in [0.2, 0.25) is 5.13 Å². The third-order valence-electron chi connectivity index (χ3n) is 4.26. The molecule has 0 spiro atoms. The smallest absolute Gasteiger partial charge is 0.321 e. The number of rotatable bonds is 7. The zero-order chi connectivity index (χ0) is 18.3. The number of carbonyl (C=O) groups excluding carboxylic acids is 2. The van der Waals surface area contributed by atoms with Crippen molar-refractivity contribution in [1.82, 2.24) is 15.5 Å². The normalized spacial score (nSPS) is 17.6. The first kappa shape index (κ1) is 19.6. The maximum atomic E-state index is 12.3. The minimum Gasteiger partial charge on any atom is -0.469 e. The van der Waals surface area contributed by atoms with Gasteiger partial charge in [-0.2, -0.15) is 0 Å². The Morgan fingerprint density at radius 1 is 1.24 bits per heavy atom. The van der Waals surface area contributed by atoms with E-state index in [0.717, 1.165) is 17.8 Å². The zero-order valence-electron chi connectivity index (χ0n) is 15.0. The molecule has 0 aromatic carbocycles. The molecule has 1 aliphatic carbocycles. The fourth-order valence-corrected chi connectivity index (χ4v) is 3.95. The third kappa shape index (κ3) is 5.93. The van der Waals surface area contributed by atoms with Gasteiger partial charge in [-0.25, -0.2) is 4.79 Å². The molecule has 0 aliphatic heterocycles. The first-order chi connectivity index (χ1) is 12.0. The van der Waals surface area contributed by atoms with Crippen molar-refractivity contribution in [2.45, 2.75) is 56.9 Å². The Morgan fingerprint density at radius 3 is 2.60 bits per heavy atom. The molecule has 0 saturated heterocycles. The standard InChI is InChI=1S/C16H26N4O4S/c1-16(10-23-2,9-12(21)24-3)18-14(22)17-15-20-19-13(25-15)11-7-5-4-6-8-11/h11H,4-10H2,1-3H3,(H2,17,18,20,22)/t16-/m1/s1. The molecule has 25 heavy (non-hydrogen) atoms. The van der Waals surface area contributed by atoms with E-state index in [1.54, 1.807) is 6.92 Å². The predicted molar refractivity (Wildman–Crippen MR) is 94.8 cm³/mol. The summed E-state index contributed by atoms with van der Waals surface area (Å²) in [7, 11) is 2.82. The summed E-state index contributed by atoms with van der Waals surface area (Å²) >= 11 is 1.41. The Kier molecular flexibility index (Phi) is 7.12. The molecule has 1 fully saturated rings. The number of aromatic nitrogens is 2. The second-order valence-corrected chi connectivity index (χ2v) is 7.62. The van der Waals surface area contributed by atoms with Crippen LogP contribution in [-0.4, -0.2) is 48.6 Å². The van der Waals surface area contributed by atoms with E-state index in [1.165, 1.54) is 44.8 Å². The Balaban J connectivity index is 1.93. The van der Waals surface area contributed by atoms with Gasteiger partial charge in [0.15, 0.2) is 0 Å². The van der Waals surface area contributed by atoms with Gasteiger partial charge in [-0.1, -0.05) is 30.6 Å². The number of ether oxygens (including phenoxy) is 2. The number of hydrogen-bond acceptors (Lipinski definition) is 7. The molecule has 1 saturated carbocycles. The summed E-state index contributed by atoms with van der Waals surface area (Å²) in [6.07, 6.45) is 5.99. The maximum Gasteiger partial charge on any atom is 0.321 e. The molecule has 1 atom stereocenters. The monoisotopic (exact) mass is 370 g/mol. The van der Waals surface area contributed by atoms with Gasteiger partial charge in [-0.05, 0) is 19.8 Å². The molecule has 2 N–H and O–H groups in total. The van der Waals surface area contributed by atoms with Crippen LogP contribution in [0, 0.1) is 0 Å². The van der Waals surface area contributed by atoms with E-state index >= 15 is 0 Å². The lowest BCUT2D eigenvalue weighted by molar-refractivity contribution is -0.142. The Labute approximate surface area is 151 Å². The molecule has 2 amide bonds. The fraction of sp³-hybridized carbons (Fsp3) is 0.750. The average Bonchev–Trinajstić information content (AvgIpc) is 3.03. The van der Waals surface area contributed by atoms with Crippen LogP contribution in [0.3, 0.4) is 0 Å². The number of urea groups is 1. The summed E-state index contributed by atoms with van der Waals surface area (Å²) in [5.74, 6) is 0.0262. The minimum atomic E-state index is -0.872. The van der Waals surface area contributed by atoms with E-state index < -0.39 is 17.5 Å². The summed E-state index contributed by atoms with van der Waals surface area (Å²) < 4.78 is 9.79. The number of nitrogens with one attached hydrogen (secondary N) is 2. The van der Waals surface area contributed by atoms with E-state index in [4.69, 9.17) is 4.74 Å². The van der Waals surface area contributed by atoms with Gasteiger partial charge in [0.1, 0.15) is 5.01 Å². The number of hydrogen-bond donors (Lipinski definition) is 2. The van der Waals surface area contributed by atoms with Crippen LogP contribution in [0.25, 0.3) is 0 Å². The molecule has 0 radical (unpaired) electrons. The molecule has 2 rings (SSSR count). The summed E-state index contributed by atoms with van der Waals surface area (Å²) in [6.45, 7) is 1.90. The van der Waals surface area contributed by atoms with Gasteiger partial charge in [-0.3, -0.25) is 10.1 Å². The van der Waals surface area contributed by atoms with E-state index in [0.29, 0.717) is 11.0 Å². The van der Waals surface area contributed by atoms with Crippen molar-refractivity contribution in [1.29, 1.82) is 0 Å². The minimum absolute atomic E-state index is 0.00814. The lowest BCUT2D eigenvalue weighted by Gasteiger charge is -2.28. The summed E-state index contributed by atoms with van der Waals surface area (Å²) in [6, 6.07) is -0.449. The molecular formula is C16H26N4O4S. The second-order valence-electron chi connectivity index (χ2n) is 6.61. The molecule has 1 aliphatic rings. The SMILES string of the molecule is COC[C@@](C)(CC(=O)OC)NC(=O)Nc1nnc(C2CCCCC2)s1. The highest BCUT2D eigenvalue weighted by Gasteiger charge is 2.30. The molecule has 0 unspecified atom stereocenters. The van der Waals surface area contributed by atoms with Gasteiger partial charge in [0, 0.05) is 13.0 Å². The van der Waals surface area contributed by atoms with E-state index in [9.17, 15) is 9.59 Å². The first-order valence-electron chi connectivity index (χ1n) is 8.44. The topological polar surface area (TPSA) is 102 Å². The zero-order valence-corrected chi connectivity index (χ0v) is 15.8. The molecule has 140 valence electrons. The third-order valence-corrected chi connectivity index (χ3v) is 5.26. The predicted octanol–water partition coefficient (Wildman–Crippen LogP) is 2.68. The van der Waals surface area contributed by atoms with Crippen LogP contribution in [0.15, 0.2) is 0 Å². The number of methoxy groups -OCH3 is 2. The van der Waals surface area contributed by atoms with Crippen LogP contribution in [0.4, 0.5) is 9.93 Å². The van der Waals surface area contributed by atoms with Gasteiger partial charge >= 0.3 is 12.0 Å². The van der Waals surface area contributed by atoms with Crippen LogP contribution in [0.5, 0.6) is 0 Å². The van der Waals surface area contributed by atoms with Gasteiger partial charge < -0.3 is 14.8 Å². The Bertz CT molecular complexity index is 588. The van der Waals surface area contributed by atoms with Crippen molar-refractivity contribution in [2.75, 3.05) is 26.1 Å². The summed E-state index contributed by atoms with van der Waals surface area (Å²) in [5.41, 5.74) is -0.872. The largest absolute Gasteiger partial charge is 0.469 e. The van der Waals surface area contributed by atoms with E-state index in [1.807, 2.05) is 0 Å². The number of amides is 2. The molecule has 1 heterocycles. The highest BCUT2D eigenvalue weighted by molar-refractivity contribution is 7.15. The van der Waals surface area contributed by atoms with Gasteiger partial charge in [0.25, 0.3) is 0 Å². The highest BCUT2D eigenvalue weighted by Crippen LogP contribution is 2.35. The molecule has 8 nitrogen and oxygen atoms in total. The lowest BCUT2D eigenvalue weighted by Crippen LogP contribution is -2.52. The van der Waals surface area contributed by atoms with Crippen molar-refractivity contribution in [3.63, 3.8) is 0 Å². The highest BCUT2D eigenvalue weighted by atomic mass is 32.1. The van der Waals surface area contributed by atoms with Crippen LogP contribution in [0.2, 0.25) is 0 Å². The molecule has 9 heteroatoms. The summed E-state index contributed by atoms with van der Waals surface area (Å²) in [4.78, 5) is 23.8. The van der Waals surface area contributed by atoms with E-state index in [2.05, 4.69) is 25.6 Å². The Morgan fingerprint density at radius 2 is 1.96 bits per heavy atom. The van der Waals surface area contributed by atoms with Gasteiger partial charge in [0.05, 0.1) is 25.7 Å². The molecule has 1 aromatic heterocycles. The average molecular weight is 370 g/mol. The maximum absolute atomic E-state index is 12.3.